The number of hydrogen-bond acceptors (Lipinski definition) is 6. The molecular weight excluding hydrogens is 272 g/mol. The Morgan fingerprint density at radius 1 is 1.29 bits per heavy atom. The van der Waals surface area contributed by atoms with Crippen molar-refractivity contribution in [2.45, 2.75) is 57.9 Å². The minimum Gasteiger partial charge on any atom is -0.476 e. The number of aromatic nitrogens is 2. The third kappa shape index (κ3) is 3.80. The van der Waals surface area contributed by atoms with Gasteiger partial charge in [-0.05, 0) is 12.8 Å². The van der Waals surface area contributed by atoms with Gasteiger partial charge in [-0.25, -0.2) is 4.98 Å². The highest BCUT2D eigenvalue weighted by atomic mass is 16.6. The molecule has 0 amide bonds. The Balaban J connectivity index is 2.32. The van der Waals surface area contributed by atoms with Crippen LogP contribution in [0.25, 0.3) is 0 Å². The zero-order chi connectivity index (χ0) is 15.2. The second-order valence-electron chi connectivity index (χ2n) is 5.29. The first-order chi connectivity index (χ1) is 10.2. The van der Waals surface area contributed by atoms with Crippen LogP contribution in [0.15, 0.2) is 0 Å². The van der Waals surface area contributed by atoms with Crippen LogP contribution in [0.1, 0.15) is 51.3 Å². The van der Waals surface area contributed by atoms with E-state index in [4.69, 9.17) is 4.74 Å². The van der Waals surface area contributed by atoms with E-state index < -0.39 is 4.92 Å². The van der Waals surface area contributed by atoms with Crippen LogP contribution < -0.4 is 10.1 Å². The number of anilines is 1. The normalized spacial score (nSPS) is 16.3. The summed E-state index contributed by atoms with van der Waals surface area (Å²) in [5, 5.41) is 14.6. The van der Waals surface area contributed by atoms with Crippen LogP contribution in [0, 0.1) is 10.1 Å². The fourth-order valence-corrected chi connectivity index (χ4v) is 2.66. The van der Waals surface area contributed by atoms with Gasteiger partial charge in [0.25, 0.3) is 5.88 Å². The van der Waals surface area contributed by atoms with Crippen molar-refractivity contribution in [2.24, 2.45) is 0 Å². The molecule has 0 bridgehead atoms. The maximum absolute atomic E-state index is 11.3. The van der Waals surface area contributed by atoms with Gasteiger partial charge in [0.2, 0.25) is 5.82 Å². The Bertz CT molecular complexity index is 499. The monoisotopic (exact) mass is 294 g/mol. The lowest BCUT2D eigenvalue weighted by atomic mass is 10.1. The molecule has 0 aliphatic heterocycles. The van der Waals surface area contributed by atoms with Crippen molar-refractivity contribution in [3.8, 4) is 5.88 Å². The predicted octanol–water partition coefficient (Wildman–Crippen LogP) is 3.09. The van der Waals surface area contributed by atoms with Crippen LogP contribution in [0.3, 0.4) is 0 Å². The molecule has 116 valence electrons. The second-order valence-corrected chi connectivity index (χ2v) is 5.29. The maximum atomic E-state index is 11.3. The lowest BCUT2D eigenvalue weighted by Gasteiger charge is -2.17. The quantitative estimate of drug-likeness (QED) is 0.510. The number of nitro groups is 1. The number of nitrogens with zero attached hydrogens (tertiary/aromatic N) is 3. The van der Waals surface area contributed by atoms with Crippen molar-refractivity contribution in [3.05, 3.63) is 15.9 Å². The summed E-state index contributed by atoms with van der Waals surface area (Å²) in [5.74, 6) is 0.868. The van der Waals surface area contributed by atoms with Crippen molar-refractivity contribution < 1.29 is 9.66 Å². The number of hydrogen-bond donors (Lipinski definition) is 1. The molecule has 1 aliphatic carbocycles. The zero-order valence-corrected chi connectivity index (χ0v) is 12.6. The standard InChI is InChI=1S/C14H22N4O3/c1-3-11-16-13(12(18(19)20)14(17-11)21-2)15-10-8-6-4-5-7-9-10/h10H,3-9H2,1-2H3,(H,15,16,17). The highest BCUT2D eigenvalue weighted by Gasteiger charge is 2.27. The topological polar surface area (TPSA) is 90.2 Å². The molecule has 1 heterocycles. The molecule has 1 aromatic heterocycles. The van der Waals surface area contributed by atoms with Crippen molar-refractivity contribution in [1.29, 1.82) is 0 Å². The molecule has 0 atom stereocenters. The van der Waals surface area contributed by atoms with Crippen molar-refractivity contribution in [1.82, 2.24) is 9.97 Å². The number of rotatable bonds is 5. The summed E-state index contributed by atoms with van der Waals surface area (Å²) in [6.45, 7) is 1.91. The molecule has 7 nitrogen and oxygen atoms in total. The molecular formula is C14H22N4O3. The minimum atomic E-state index is -0.475. The van der Waals surface area contributed by atoms with Gasteiger partial charge in [0.15, 0.2) is 0 Å². The van der Waals surface area contributed by atoms with E-state index in [0.717, 1.165) is 25.7 Å². The van der Waals surface area contributed by atoms with Gasteiger partial charge in [-0.1, -0.05) is 32.6 Å². The molecule has 1 fully saturated rings. The zero-order valence-electron chi connectivity index (χ0n) is 12.6. The molecule has 1 aromatic rings. The summed E-state index contributed by atoms with van der Waals surface area (Å²) in [7, 11) is 1.39. The van der Waals surface area contributed by atoms with Gasteiger partial charge < -0.3 is 10.1 Å². The van der Waals surface area contributed by atoms with Crippen LogP contribution >= 0.6 is 0 Å². The molecule has 0 spiro atoms. The summed E-state index contributed by atoms with van der Waals surface area (Å²) in [6, 6.07) is 0.232. The molecule has 21 heavy (non-hydrogen) atoms. The van der Waals surface area contributed by atoms with E-state index in [1.807, 2.05) is 6.92 Å². The Kier molecular flexibility index (Phi) is 5.30. The highest BCUT2D eigenvalue weighted by Crippen LogP contribution is 2.33. The summed E-state index contributed by atoms with van der Waals surface area (Å²) < 4.78 is 5.07. The average Bonchev–Trinajstić information content (AvgIpc) is 2.74. The molecule has 1 N–H and O–H groups in total. The minimum absolute atomic E-state index is 0.0305. The van der Waals surface area contributed by atoms with Gasteiger partial charge in [-0.15, -0.1) is 0 Å². The predicted molar refractivity (Wildman–Crippen MR) is 79.7 cm³/mol. The summed E-state index contributed by atoms with van der Waals surface area (Å²) >= 11 is 0. The van der Waals surface area contributed by atoms with E-state index in [1.54, 1.807) is 0 Å². The second kappa shape index (κ2) is 7.19. The Labute approximate surface area is 124 Å². The average molecular weight is 294 g/mol. The van der Waals surface area contributed by atoms with E-state index in [-0.39, 0.29) is 23.4 Å². The first kappa shape index (κ1) is 15.5. The summed E-state index contributed by atoms with van der Waals surface area (Å²) in [5.41, 5.74) is -0.168. The van der Waals surface area contributed by atoms with Crippen LogP contribution in [-0.4, -0.2) is 28.0 Å². The maximum Gasteiger partial charge on any atom is 0.372 e. The van der Waals surface area contributed by atoms with Crippen LogP contribution in [0.4, 0.5) is 11.5 Å². The van der Waals surface area contributed by atoms with E-state index in [0.29, 0.717) is 12.2 Å². The molecule has 1 aliphatic rings. The molecule has 0 radical (unpaired) electrons. The fourth-order valence-electron chi connectivity index (χ4n) is 2.66. The van der Waals surface area contributed by atoms with Crippen LogP contribution in [-0.2, 0) is 6.42 Å². The largest absolute Gasteiger partial charge is 0.476 e. The lowest BCUT2D eigenvalue weighted by Crippen LogP contribution is -2.21. The molecule has 2 rings (SSSR count). The fraction of sp³-hybridized carbons (Fsp3) is 0.714. The van der Waals surface area contributed by atoms with Crippen molar-refractivity contribution >= 4 is 11.5 Å². The van der Waals surface area contributed by atoms with Gasteiger partial charge >= 0.3 is 5.69 Å². The van der Waals surface area contributed by atoms with Gasteiger partial charge in [0, 0.05) is 12.5 Å². The third-order valence-corrected chi connectivity index (χ3v) is 3.79. The lowest BCUT2D eigenvalue weighted by molar-refractivity contribution is -0.385. The SMILES string of the molecule is CCc1nc(NC2CCCCCC2)c([N+](=O)[O-])c(OC)n1. The summed E-state index contributed by atoms with van der Waals surface area (Å²) in [4.78, 5) is 19.2. The van der Waals surface area contributed by atoms with Gasteiger partial charge in [0.05, 0.1) is 12.0 Å². The molecule has 0 unspecified atom stereocenters. The van der Waals surface area contributed by atoms with Crippen molar-refractivity contribution in [2.75, 3.05) is 12.4 Å². The Morgan fingerprint density at radius 3 is 2.48 bits per heavy atom. The van der Waals surface area contributed by atoms with E-state index >= 15 is 0 Å². The molecule has 1 saturated carbocycles. The van der Waals surface area contributed by atoms with Crippen LogP contribution in [0.2, 0.25) is 0 Å². The highest BCUT2D eigenvalue weighted by molar-refractivity contribution is 5.62. The Hall–Kier alpha value is -1.92. The third-order valence-electron chi connectivity index (χ3n) is 3.79. The number of aryl methyl sites for hydroxylation is 1. The van der Waals surface area contributed by atoms with E-state index in [9.17, 15) is 10.1 Å². The van der Waals surface area contributed by atoms with E-state index in [2.05, 4.69) is 15.3 Å². The van der Waals surface area contributed by atoms with E-state index in [1.165, 1.54) is 20.0 Å². The summed E-state index contributed by atoms with van der Waals surface area (Å²) in [6.07, 6.45) is 7.40. The van der Waals surface area contributed by atoms with Gasteiger partial charge in [0.1, 0.15) is 5.82 Å². The number of ether oxygens (including phenoxy) is 1. The smallest absolute Gasteiger partial charge is 0.372 e. The number of methoxy groups -OCH3 is 1. The molecule has 0 aromatic carbocycles. The first-order valence-electron chi connectivity index (χ1n) is 7.51. The van der Waals surface area contributed by atoms with Crippen LogP contribution in [0.5, 0.6) is 5.88 Å². The number of nitrogens with one attached hydrogen (secondary N) is 1. The first-order valence-corrected chi connectivity index (χ1v) is 7.51. The molecule has 0 saturated heterocycles. The van der Waals surface area contributed by atoms with Crippen molar-refractivity contribution in [3.63, 3.8) is 0 Å². The Morgan fingerprint density at radius 2 is 1.95 bits per heavy atom. The molecule has 7 heteroatoms. The van der Waals surface area contributed by atoms with Gasteiger partial charge in [-0.2, -0.15) is 4.98 Å². The van der Waals surface area contributed by atoms with Gasteiger partial charge in [-0.3, -0.25) is 10.1 Å².